The first-order valence-corrected chi connectivity index (χ1v) is 7.36. The molecule has 0 saturated carbocycles. The summed E-state index contributed by atoms with van der Waals surface area (Å²) in [5, 5.41) is 0.225. The molecule has 5 nitrogen and oxygen atoms in total. The molecule has 24 heavy (non-hydrogen) atoms. The minimum Gasteiger partial charge on any atom is -0.496 e. The molecule has 1 heterocycles. The molecule has 0 aliphatic carbocycles. The van der Waals surface area contributed by atoms with Crippen molar-refractivity contribution in [1.29, 1.82) is 0 Å². The molecular formula is C19H16O5. The van der Waals surface area contributed by atoms with E-state index in [1.807, 2.05) is 30.3 Å². The molecule has 0 amide bonds. The summed E-state index contributed by atoms with van der Waals surface area (Å²) in [4.78, 5) is 24.7. The second-order valence-electron chi connectivity index (χ2n) is 5.26. The monoisotopic (exact) mass is 324 g/mol. The first-order valence-electron chi connectivity index (χ1n) is 7.36. The van der Waals surface area contributed by atoms with E-state index in [0.717, 1.165) is 5.56 Å². The predicted molar refractivity (Wildman–Crippen MR) is 91.0 cm³/mol. The van der Waals surface area contributed by atoms with Crippen molar-refractivity contribution in [2.24, 2.45) is 0 Å². The van der Waals surface area contributed by atoms with Crippen molar-refractivity contribution in [3.63, 3.8) is 0 Å². The van der Waals surface area contributed by atoms with Gasteiger partial charge in [-0.3, -0.25) is 9.59 Å². The largest absolute Gasteiger partial charge is 0.496 e. The van der Waals surface area contributed by atoms with Gasteiger partial charge < -0.3 is 13.9 Å². The topological polar surface area (TPSA) is 65.7 Å². The third-order valence-electron chi connectivity index (χ3n) is 3.78. The van der Waals surface area contributed by atoms with Crippen molar-refractivity contribution < 1.29 is 18.7 Å². The molecule has 0 radical (unpaired) electrons. The van der Waals surface area contributed by atoms with Gasteiger partial charge in [0.05, 0.1) is 14.2 Å². The van der Waals surface area contributed by atoms with Crippen LogP contribution in [0, 0.1) is 0 Å². The van der Waals surface area contributed by atoms with E-state index in [-0.39, 0.29) is 27.7 Å². The Kier molecular flexibility index (Phi) is 4.08. The molecule has 0 spiro atoms. The molecular weight excluding hydrogens is 308 g/mol. The van der Waals surface area contributed by atoms with Crippen LogP contribution in [-0.2, 0) is 0 Å². The van der Waals surface area contributed by atoms with E-state index in [4.69, 9.17) is 13.9 Å². The lowest BCUT2D eigenvalue weighted by atomic mass is 10.0. The minimum absolute atomic E-state index is 0.171. The zero-order valence-corrected chi connectivity index (χ0v) is 13.6. The van der Waals surface area contributed by atoms with Gasteiger partial charge in [-0.25, -0.2) is 0 Å². The van der Waals surface area contributed by atoms with Crippen molar-refractivity contribution in [2.45, 2.75) is 6.92 Å². The molecule has 0 aliphatic heterocycles. The quantitative estimate of drug-likeness (QED) is 0.685. The molecule has 2 aromatic carbocycles. The average Bonchev–Trinajstić information content (AvgIpc) is 2.60. The van der Waals surface area contributed by atoms with Crippen molar-refractivity contribution in [3.8, 4) is 22.8 Å². The van der Waals surface area contributed by atoms with Crippen LogP contribution in [0.15, 0.2) is 51.7 Å². The summed E-state index contributed by atoms with van der Waals surface area (Å²) in [5.74, 6) is 0.735. The molecule has 3 rings (SSSR count). The molecule has 1 aromatic heterocycles. The van der Waals surface area contributed by atoms with Crippen LogP contribution in [0.4, 0.5) is 0 Å². The maximum Gasteiger partial charge on any atom is 0.197 e. The fraction of sp³-hybridized carbons (Fsp3) is 0.158. The fourth-order valence-electron chi connectivity index (χ4n) is 2.68. The molecule has 0 atom stereocenters. The van der Waals surface area contributed by atoms with Crippen LogP contribution in [0.5, 0.6) is 11.5 Å². The number of rotatable bonds is 4. The summed E-state index contributed by atoms with van der Waals surface area (Å²) in [6.07, 6.45) is 0. The van der Waals surface area contributed by atoms with Crippen LogP contribution in [-0.4, -0.2) is 20.0 Å². The highest BCUT2D eigenvalue weighted by atomic mass is 16.5. The van der Waals surface area contributed by atoms with Gasteiger partial charge >= 0.3 is 0 Å². The Morgan fingerprint density at radius 1 is 1.00 bits per heavy atom. The molecule has 0 bridgehead atoms. The van der Waals surface area contributed by atoms with Crippen LogP contribution < -0.4 is 14.9 Å². The van der Waals surface area contributed by atoms with Crippen molar-refractivity contribution >= 4 is 16.8 Å². The number of fused-ring (bicyclic) bond motifs is 1. The minimum atomic E-state index is -0.280. The lowest BCUT2D eigenvalue weighted by molar-refractivity contribution is 0.101. The van der Waals surface area contributed by atoms with E-state index in [0.29, 0.717) is 17.3 Å². The first-order chi connectivity index (χ1) is 11.6. The normalized spacial score (nSPS) is 10.6. The summed E-state index contributed by atoms with van der Waals surface area (Å²) >= 11 is 0. The van der Waals surface area contributed by atoms with Gasteiger partial charge in [0.2, 0.25) is 0 Å². The van der Waals surface area contributed by atoms with Gasteiger partial charge in [0.15, 0.2) is 16.8 Å². The molecule has 0 unspecified atom stereocenters. The highest BCUT2D eigenvalue weighted by Gasteiger charge is 2.22. The SMILES string of the molecule is COc1cc(OC)c2c(=O)cc(-c3ccccc3)oc2c1C(C)=O. The van der Waals surface area contributed by atoms with Gasteiger partial charge in [-0.1, -0.05) is 30.3 Å². The standard InChI is InChI=1S/C19H16O5/c1-11(20)17-15(22-2)10-16(23-3)18-13(21)9-14(24-19(17)18)12-7-5-4-6-8-12/h4-10H,1-3H3. The zero-order chi connectivity index (χ0) is 17.3. The van der Waals surface area contributed by atoms with Gasteiger partial charge in [0, 0.05) is 17.7 Å². The highest BCUT2D eigenvalue weighted by molar-refractivity contribution is 6.09. The summed E-state index contributed by atoms with van der Waals surface area (Å²) in [7, 11) is 2.90. The number of ether oxygens (including phenoxy) is 2. The molecule has 0 fully saturated rings. The summed E-state index contributed by atoms with van der Waals surface area (Å²) in [5.41, 5.74) is 0.859. The summed E-state index contributed by atoms with van der Waals surface area (Å²) in [6.45, 7) is 1.40. The van der Waals surface area contributed by atoms with Crippen LogP contribution in [0.3, 0.4) is 0 Å². The van der Waals surface area contributed by atoms with Crippen LogP contribution in [0.2, 0.25) is 0 Å². The number of ketones is 1. The Labute approximate surface area is 138 Å². The van der Waals surface area contributed by atoms with E-state index >= 15 is 0 Å². The second kappa shape index (κ2) is 6.20. The van der Waals surface area contributed by atoms with E-state index in [1.54, 1.807) is 0 Å². The third-order valence-corrected chi connectivity index (χ3v) is 3.78. The van der Waals surface area contributed by atoms with Crippen molar-refractivity contribution in [1.82, 2.24) is 0 Å². The van der Waals surface area contributed by atoms with Gasteiger partial charge in [-0.05, 0) is 6.92 Å². The molecule has 3 aromatic rings. The molecule has 0 saturated heterocycles. The van der Waals surface area contributed by atoms with Crippen molar-refractivity contribution in [2.75, 3.05) is 14.2 Å². The van der Waals surface area contributed by atoms with E-state index in [1.165, 1.54) is 33.3 Å². The number of Topliss-reactive ketones (excluding diaryl/α,β-unsaturated/α-hetero) is 1. The maximum atomic E-state index is 12.6. The fourth-order valence-corrected chi connectivity index (χ4v) is 2.68. The Hall–Kier alpha value is -3.08. The van der Waals surface area contributed by atoms with Gasteiger partial charge in [0.1, 0.15) is 28.2 Å². The lowest BCUT2D eigenvalue weighted by Crippen LogP contribution is -2.08. The Bertz CT molecular complexity index is 970. The Morgan fingerprint density at radius 2 is 1.67 bits per heavy atom. The van der Waals surface area contributed by atoms with E-state index < -0.39 is 0 Å². The maximum absolute atomic E-state index is 12.6. The summed E-state index contributed by atoms with van der Waals surface area (Å²) in [6, 6.07) is 12.1. The average molecular weight is 324 g/mol. The highest BCUT2D eigenvalue weighted by Crippen LogP contribution is 2.36. The van der Waals surface area contributed by atoms with Crippen LogP contribution in [0.1, 0.15) is 17.3 Å². The number of benzene rings is 2. The third kappa shape index (κ3) is 2.54. The Morgan fingerprint density at radius 3 is 2.25 bits per heavy atom. The molecule has 122 valence electrons. The van der Waals surface area contributed by atoms with Gasteiger partial charge in [-0.2, -0.15) is 0 Å². The number of hydrogen-bond donors (Lipinski definition) is 0. The van der Waals surface area contributed by atoms with Crippen LogP contribution in [0.25, 0.3) is 22.3 Å². The number of hydrogen-bond acceptors (Lipinski definition) is 5. The zero-order valence-electron chi connectivity index (χ0n) is 13.6. The van der Waals surface area contributed by atoms with E-state index in [9.17, 15) is 9.59 Å². The Balaban J connectivity index is 2.46. The lowest BCUT2D eigenvalue weighted by Gasteiger charge is -2.13. The predicted octanol–water partition coefficient (Wildman–Crippen LogP) is 3.68. The van der Waals surface area contributed by atoms with E-state index in [2.05, 4.69) is 0 Å². The van der Waals surface area contributed by atoms with Gasteiger partial charge in [-0.15, -0.1) is 0 Å². The second-order valence-corrected chi connectivity index (χ2v) is 5.26. The van der Waals surface area contributed by atoms with Crippen LogP contribution >= 0.6 is 0 Å². The molecule has 0 N–H and O–H groups in total. The van der Waals surface area contributed by atoms with Crippen molar-refractivity contribution in [3.05, 3.63) is 58.3 Å². The number of carbonyl (C=O) groups excluding carboxylic acids is 1. The summed E-state index contributed by atoms with van der Waals surface area (Å²) < 4.78 is 16.5. The number of carbonyl (C=O) groups is 1. The first kappa shape index (κ1) is 15.8. The molecule has 5 heteroatoms. The smallest absolute Gasteiger partial charge is 0.197 e. The number of methoxy groups -OCH3 is 2. The molecule has 0 aliphatic rings. The van der Waals surface area contributed by atoms with Gasteiger partial charge in [0.25, 0.3) is 0 Å².